The third-order valence-electron chi connectivity index (χ3n) is 3.70. The zero-order valence-electron chi connectivity index (χ0n) is 11.9. The first-order chi connectivity index (χ1) is 9.46. The van der Waals surface area contributed by atoms with E-state index in [0.717, 1.165) is 6.42 Å². The first kappa shape index (κ1) is 17.9. The van der Waals surface area contributed by atoms with Crippen molar-refractivity contribution in [2.45, 2.75) is 25.1 Å². The molecule has 0 bridgehead atoms. The summed E-state index contributed by atoms with van der Waals surface area (Å²) in [5.41, 5.74) is 6.76. The molecule has 1 fully saturated rings. The molecule has 0 amide bonds. The van der Waals surface area contributed by atoms with Gasteiger partial charge in [0, 0.05) is 12.6 Å². The first-order valence-corrected chi connectivity index (χ1v) is 8.26. The molecule has 0 radical (unpaired) electrons. The summed E-state index contributed by atoms with van der Waals surface area (Å²) >= 11 is 0. The van der Waals surface area contributed by atoms with E-state index in [9.17, 15) is 8.42 Å². The Morgan fingerprint density at radius 3 is 2.76 bits per heavy atom. The van der Waals surface area contributed by atoms with Crippen LogP contribution in [0.15, 0.2) is 24.3 Å². The monoisotopic (exact) mass is 329 g/mol. The van der Waals surface area contributed by atoms with Crippen molar-refractivity contribution in [2.24, 2.45) is 11.7 Å². The van der Waals surface area contributed by atoms with Crippen LogP contribution in [0.5, 0.6) is 0 Å². The van der Waals surface area contributed by atoms with Gasteiger partial charge in [-0.15, -0.1) is 12.4 Å². The Balaban J connectivity index is 0.00000220. The van der Waals surface area contributed by atoms with Gasteiger partial charge in [0.05, 0.1) is 17.4 Å². The molecule has 2 unspecified atom stereocenters. The number of nitrogens with zero attached hydrogens (tertiary/aromatic N) is 2. The molecule has 1 heterocycles. The summed E-state index contributed by atoms with van der Waals surface area (Å²) in [5, 5.41) is 8.86. The zero-order valence-corrected chi connectivity index (χ0v) is 13.5. The standard InChI is InChI=1S/C14H19N3O2S.ClH/c1-11-5-14(8-16)9-17(11)20(18,19)10-13-4-2-3-12(6-13)7-15;/h2-4,6,11,14H,5,8-10,16H2,1H3;1H. The Bertz CT molecular complexity index is 627. The molecule has 1 aromatic carbocycles. The van der Waals surface area contributed by atoms with Crippen molar-refractivity contribution in [3.8, 4) is 6.07 Å². The zero-order chi connectivity index (χ0) is 14.8. The SMILES string of the molecule is CC1CC(CN)CN1S(=O)(=O)Cc1cccc(C#N)c1.Cl. The van der Waals surface area contributed by atoms with Crippen LogP contribution in [-0.4, -0.2) is 31.9 Å². The van der Waals surface area contributed by atoms with Crippen molar-refractivity contribution in [3.63, 3.8) is 0 Å². The highest BCUT2D eigenvalue weighted by Crippen LogP contribution is 2.27. The Morgan fingerprint density at radius 2 is 2.19 bits per heavy atom. The van der Waals surface area contributed by atoms with Crippen LogP contribution in [0.1, 0.15) is 24.5 Å². The van der Waals surface area contributed by atoms with Gasteiger partial charge in [-0.25, -0.2) is 8.42 Å². The van der Waals surface area contributed by atoms with E-state index in [0.29, 0.717) is 24.2 Å². The molecule has 2 atom stereocenters. The van der Waals surface area contributed by atoms with Gasteiger partial charge < -0.3 is 5.73 Å². The fraction of sp³-hybridized carbons (Fsp3) is 0.500. The lowest BCUT2D eigenvalue weighted by Crippen LogP contribution is -2.35. The predicted octanol–water partition coefficient (Wildman–Crippen LogP) is 1.48. The van der Waals surface area contributed by atoms with Crippen LogP contribution in [0, 0.1) is 17.2 Å². The topological polar surface area (TPSA) is 87.2 Å². The molecule has 0 saturated carbocycles. The van der Waals surface area contributed by atoms with Crippen molar-refractivity contribution in [3.05, 3.63) is 35.4 Å². The van der Waals surface area contributed by atoms with Gasteiger partial charge in [-0.1, -0.05) is 12.1 Å². The number of halogens is 1. The van der Waals surface area contributed by atoms with Gasteiger partial charge in [0.1, 0.15) is 0 Å². The maximum atomic E-state index is 12.5. The van der Waals surface area contributed by atoms with Crippen LogP contribution in [-0.2, 0) is 15.8 Å². The second-order valence-corrected chi connectivity index (χ2v) is 7.25. The van der Waals surface area contributed by atoms with Gasteiger partial charge in [-0.3, -0.25) is 0 Å². The van der Waals surface area contributed by atoms with E-state index in [1.165, 1.54) is 0 Å². The molecule has 1 aromatic rings. The van der Waals surface area contributed by atoms with Crippen LogP contribution >= 0.6 is 12.4 Å². The first-order valence-electron chi connectivity index (χ1n) is 6.65. The van der Waals surface area contributed by atoms with E-state index >= 15 is 0 Å². The van der Waals surface area contributed by atoms with Crippen molar-refractivity contribution < 1.29 is 8.42 Å². The highest BCUT2D eigenvalue weighted by Gasteiger charge is 2.36. The average molecular weight is 330 g/mol. The molecule has 116 valence electrons. The molecule has 7 heteroatoms. The number of hydrogen-bond acceptors (Lipinski definition) is 4. The molecule has 2 rings (SSSR count). The van der Waals surface area contributed by atoms with Crippen molar-refractivity contribution in [1.82, 2.24) is 4.31 Å². The van der Waals surface area contributed by atoms with Gasteiger partial charge >= 0.3 is 0 Å². The summed E-state index contributed by atoms with van der Waals surface area (Å²) in [6, 6.07) is 8.75. The van der Waals surface area contributed by atoms with Crippen molar-refractivity contribution in [2.75, 3.05) is 13.1 Å². The second-order valence-electron chi connectivity index (χ2n) is 5.32. The van der Waals surface area contributed by atoms with Crippen molar-refractivity contribution >= 4 is 22.4 Å². The Hall–Kier alpha value is -1.13. The van der Waals surface area contributed by atoms with Gasteiger partial charge in [0.25, 0.3) is 0 Å². The quantitative estimate of drug-likeness (QED) is 0.906. The maximum Gasteiger partial charge on any atom is 0.218 e. The summed E-state index contributed by atoms with van der Waals surface area (Å²) in [6.45, 7) is 2.93. The molecule has 1 aliphatic rings. The van der Waals surface area contributed by atoms with E-state index in [1.807, 2.05) is 13.0 Å². The fourth-order valence-electron chi connectivity index (χ4n) is 2.69. The highest BCUT2D eigenvalue weighted by molar-refractivity contribution is 7.88. The van der Waals surface area contributed by atoms with Gasteiger partial charge in [-0.2, -0.15) is 9.57 Å². The normalized spacial score (nSPS) is 22.5. The maximum absolute atomic E-state index is 12.5. The molecule has 5 nitrogen and oxygen atoms in total. The lowest BCUT2D eigenvalue weighted by Gasteiger charge is -2.21. The van der Waals surface area contributed by atoms with E-state index < -0.39 is 10.0 Å². The Labute approximate surface area is 132 Å². The lowest BCUT2D eigenvalue weighted by atomic mass is 10.1. The number of nitrogens with two attached hydrogens (primary N) is 1. The minimum Gasteiger partial charge on any atom is -0.330 e. The highest BCUT2D eigenvalue weighted by atomic mass is 35.5. The van der Waals surface area contributed by atoms with E-state index in [2.05, 4.69) is 0 Å². The average Bonchev–Trinajstić information content (AvgIpc) is 2.80. The molecular weight excluding hydrogens is 310 g/mol. The number of nitriles is 1. The molecule has 2 N–H and O–H groups in total. The summed E-state index contributed by atoms with van der Waals surface area (Å²) in [4.78, 5) is 0. The lowest BCUT2D eigenvalue weighted by molar-refractivity contribution is 0.404. The van der Waals surface area contributed by atoms with E-state index in [4.69, 9.17) is 11.0 Å². The Kier molecular flexibility index (Phi) is 6.17. The van der Waals surface area contributed by atoms with Gasteiger partial charge in [-0.05, 0) is 43.5 Å². The van der Waals surface area contributed by atoms with E-state index in [-0.39, 0.29) is 30.1 Å². The molecular formula is C14H20ClN3O2S. The molecule has 0 spiro atoms. The number of rotatable bonds is 4. The number of sulfonamides is 1. The number of hydrogen-bond donors (Lipinski definition) is 1. The minimum atomic E-state index is -3.36. The molecule has 21 heavy (non-hydrogen) atoms. The van der Waals surface area contributed by atoms with Crippen LogP contribution in [0.4, 0.5) is 0 Å². The van der Waals surface area contributed by atoms with Crippen LogP contribution in [0.3, 0.4) is 0 Å². The molecule has 1 saturated heterocycles. The minimum absolute atomic E-state index is 0. The molecule has 0 aromatic heterocycles. The van der Waals surface area contributed by atoms with Crippen LogP contribution in [0.25, 0.3) is 0 Å². The smallest absolute Gasteiger partial charge is 0.218 e. The fourth-order valence-corrected chi connectivity index (χ4v) is 4.53. The Morgan fingerprint density at radius 1 is 1.48 bits per heavy atom. The largest absolute Gasteiger partial charge is 0.330 e. The van der Waals surface area contributed by atoms with Crippen LogP contribution < -0.4 is 5.73 Å². The van der Waals surface area contributed by atoms with Crippen molar-refractivity contribution in [1.29, 1.82) is 5.26 Å². The predicted molar refractivity (Wildman–Crippen MR) is 84.4 cm³/mol. The third kappa shape index (κ3) is 4.17. The van der Waals surface area contributed by atoms with Gasteiger partial charge in [0.15, 0.2) is 0 Å². The van der Waals surface area contributed by atoms with Crippen LogP contribution in [0.2, 0.25) is 0 Å². The third-order valence-corrected chi connectivity index (χ3v) is 5.62. The molecule has 1 aliphatic heterocycles. The summed E-state index contributed by atoms with van der Waals surface area (Å²) in [6.07, 6.45) is 0.813. The summed E-state index contributed by atoms with van der Waals surface area (Å²) in [5.74, 6) is 0.176. The summed E-state index contributed by atoms with van der Waals surface area (Å²) < 4.78 is 26.5. The van der Waals surface area contributed by atoms with E-state index in [1.54, 1.807) is 28.6 Å². The summed E-state index contributed by atoms with van der Waals surface area (Å²) in [7, 11) is -3.36. The number of benzene rings is 1. The molecule has 0 aliphatic carbocycles. The second kappa shape index (κ2) is 7.23. The van der Waals surface area contributed by atoms with Gasteiger partial charge in [0.2, 0.25) is 10.0 Å².